The van der Waals surface area contributed by atoms with Crippen LogP contribution in [0.4, 0.5) is 0 Å². The van der Waals surface area contributed by atoms with Gasteiger partial charge in [0.15, 0.2) is 0 Å². The summed E-state index contributed by atoms with van der Waals surface area (Å²) < 4.78 is 1.62. The molecule has 0 aliphatic carbocycles. The van der Waals surface area contributed by atoms with Crippen molar-refractivity contribution in [3.05, 3.63) is 30.6 Å². The molecule has 0 spiro atoms. The third-order valence-corrected chi connectivity index (χ3v) is 2.31. The molecule has 0 saturated heterocycles. The molecule has 1 aromatic heterocycles. The molecule has 0 unspecified atom stereocenters. The molecule has 1 heterocycles. The SMILES string of the molecule is CC(C)(C)C(=O)n1cnc2ccccc21. The van der Waals surface area contributed by atoms with Gasteiger partial charge in [-0.15, -0.1) is 0 Å². The molecule has 0 saturated carbocycles. The van der Waals surface area contributed by atoms with E-state index in [1.807, 2.05) is 45.0 Å². The van der Waals surface area contributed by atoms with Crippen LogP contribution in [-0.4, -0.2) is 15.5 Å². The van der Waals surface area contributed by atoms with E-state index in [1.54, 1.807) is 10.9 Å². The van der Waals surface area contributed by atoms with Crippen molar-refractivity contribution in [2.45, 2.75) is 20.8 Å². The lowest BCUT2D eigenvalue weighted by molar-refractivity contribution is 0.0772. The highest BCUT2D eigenvalue weighted by molar-refractivity contribution is 5.92. The van der Waals surface area contributed by atoms with Crippen LogP contribution in [0.5, 0.6) is 0 Å². The van der Waals surface area contributed by atoms with E-state index in [9.17, 15) is 4.79 Å². The van der Waals surface area contributed by atoms with Gasteiger partial charge in [-0.25, -0.2) is 4.98 Å². The molecule has 3 nitrogen and oxygen atoms in total. The molecule has 0 N–H and O–H groups in total. The first-order chi connectivity index (χ1) is 7.00. The highest BCUT2D eigenvalue weighted by atomic mass is 16.2. The van der Waals surface area contributed by atoms with Crippen LogP contribution in [-0.2, 0) is 0 Å². The third kappa shape index (κ3) is 1.65. The van der Waals surface area contributed by atoms with Crippen molar-refractivity contribution >= 4 is 16.9 Å². The number of aromatic nitrogens is 2. The zero-order chi connectivity index (χ0) is 11.1. The lowest BCUT2D eigenvalue weighted by atomic mass is 9.95. The molecule has 0 fully saturated rings. The van der Waals surface area contributed by atoms with E-state index in [2.05, 4.69) is 4.98 Å². The molecule has 0 atom stereocenters. The minimum absolute atomic E-state index is 0.0659. The van der Waals surface area contributed by atoms with Gasteiger partial charge in [-0.3, -0.25) is 9.36 Å². The van der Waals surface area contributed by atoms with Crippen LogP contribution in [0.15, 0.2) is 30.6 Å². The molecule has 0 amide bonds. The third-order valence-electron chi connectivity index (χ3n) is 2.31. The maximum absolute atomic E-state index is 12.1. The molecule has 3 heteroatoms. The maximum atomic E-state index is 12.1. The number of para-hydroxylation sites is 2. The number of benzene rings is 1. The average molecular weight is 202 g/mol. The van der Waals surface area contributed by atoms with E-state index in [-0.39, 0.29) is 11.3 Å². The van der Waals surface area contributed by atoms with Crippen molar-refractivity contribution in [1.29, 1.82) is 0 Å². The summed E-state index contributed by atoms with van der Waals surface area (Å²) in [4.78, 5) is 16.3. The predicted octanol–water partition coefficient (Wildman–Crippen LogP) is 2.72. The predicted molar refractivity (Wildman–Crippen MR) is 59.8 cm³/mol. The standard InChI is InChI=1S/C12H14N2O/c1-12(2,3)11(15)14-8-13-9-6-4-5-7-10(9)14/h4-8H,1-3H3. The monoisotopic (exact) mass is 202 g/mol. The van der Waals surface area contributed by atoms with Crippen LogP contribution >= 0.6 is 0 Å². The van der Waals surface area contributed by atoms with E-state index in [0.717, 1.165) is 11.0 Å². The van der Waals surface area contributed by atoms with Gasteiger partial charge in [0.25, 0.3) is 0 Å². The number of imidazole rings is 1. The van der Waals surface area contributed by atoms with Crippen LogP contribution in [0, 0.1) is 5.41 Å². The Morgan fingerprint density at radius 1 is 1.27 bits per heavy atom. The Bertz CT molecular complexity index is 506. The fourth-order valence-corrected chi connectivity index (χ4v) is 1.48. The summed E-state index contributed by atoms with van der Waals surface area (Å²) in [7, 11) is 0. The Morgan fingerprint density at radius 3 is 2.60 bits per heavy atom. The second-order valence-corrected chi connectivity index (χ2v) is 4.66. The molecule has 0 radical (unpaired) electrons. The quantitative estimate of drug-likeness (QED) is 0.658. The zero-order valence-corrected chi connectivity index (χ0v) is 9.19. The number of carbonyl (C=O) groups is 1. The van der Waals surface area contributed by atoms with E-state index in [1.165, 1.54) is 0 Å². The van der Waals surface area contributed by atoms with Gasteiger partial charge in [0, 0.05) is 5.41 Å². The second kappa shape index (κ2) is 3.19. The second-order valence-electron chi connectivity index (χ2n) is 4.66. The van der Waals surface area contributed by atoms with Gasteiger partial charge in [-0.2, -0.15) is 0 Å². The highest BCUT2D eigenvalue weighted by Crippen LogP contribution is 2.20. The highest BCUT2D eigenvalue weighted by Gasteiger charge is 2.24. The summed E-state index contributed by atoms with van der Waals surface area (Å²) in [5.41, 5.74) is 1.34. The van der Waals surface area contributed by atoms with Crippen molar-refractivity contribution in [1.82, 2.24) is 9.55 Å². The van der Waals surface area contributed by atoms with Crippen molar-refractivity contribution in [2.75, 3.05) is 0 Å². The summed E-state index contributed by atoms with van der Waals surface area (Å²) in [6, 6.07) is 7.64. The van der Waals surface area contributed by atoms with Crippen LogP contribution in [0.1, 0.15) is 25.6 Å². The first-order valence-electron chi connectivity index (χ1n) is 4.97. The fourth-order valence-electron chi connectivity index (χ4n) is 1.48. The van der Waals surface area contributed by atoms with Gasteiger partial charge in [0.1, 0.15) is 6.33 Å². The van der Waals surface area contributed by atoms with E-state index < -0.39 is 0 Å². The number of rotatable bonds is 0. The van der Waals surface area contributed by atoms with Gasteiger partial charge >= 0.3 is 0 Å². The molecule has 78 valence electrons. The molecule has 0 aliphatic heterocycles. The summed E-state index contributed by atoms with van der Waals surface area (Å²) in [5.74, 6) is 0.0659. The minimum atomic E-state index is -0.385. The molecule has 2 aromatic rings. The smallest absolute Gasteiger partial charge is 0.237 e. The minimum Gasteiger partial charge on any atom is -0.273 e. The number of hydrogen-bond acceptors (Lipinski definition) is 2. The van der Waals surface area contributed by atoms with Crippen molar-refractivity contribution in [3.63, 3.8) is 0 Å². The maximum Gasteiger partial charge on any atom is 0.237 e. The Kier molecular flexibility index (Phi) is 2.11. The Balaban J connectivity index is 2.58. The lowest BCUT2D eigenvalue weighted by Crippen LogP contribution is -2.25. The molecular weight excluding hydrogens is 188 g/mol. The number of hydrogen-bond donors (Lipinski definition) is 0. The van der Waals surface area contributed by atoms with Crippen molar-refractivity contribution in [3.8, 4) is 0 Å². The summed E-state index contributed by atoms with van der Waals surface area (Å²) >= 11 is 0. The fraction of sp³-hybridized carbons (Fsp3) is 0.333. The molecular formula is C12H14N2O. The molecule has 15 heavy (non-hydrogen) atoms. The first-order valence-corrected chi connectivity index (χ1v) is 4.97. The molecule has 2 rings (SSSR count). The van der Waals surface area contributed by atoms with Crippen molar-refractivity contribution in [2.24, 2.45) is 5.41 Å². The summed E-state index contributed by atoms with van der Waals surface area (Å²) in [5, 5.41) is 0. The Hall–Kier alpha value is -1.64. The van der Waals surface area contributed by atoms with E-state index in [4.69, 9.17) is 0 Å². The van der Waals surface area contributed by atoms with Gasteiger partial charge in [-0.05, 0) is 12.1 Å². The summed E-state index contributed by atoms with van der Waals surface area (Å²) in [6.45, 7) is 5.72. The van der Waals surface area contributed by atoms with Crippen LogP contribution in [0.3, 0.4) is 0 Å². The number of nitrogens with zero attached hydrogens (tertiary/aromatic N) is 2. The largest absolute Gasteiger partial charge is 0.273 e. The normalized spacial score (nSPS) is 11.9. The van der Waals surface area contributed by atoms with Gasteiger partial charge in [0.05, 0.1) is 11.0 Å². The summed E-state index contributed by atoms with van der Waals surface area (Å²) in [6.07, 6.45) is 1.60. The van der Waals surface area contributed by atoms with Crippen LogP contribution in [0.2, 0.25) is 0 Å². The van der Waals surface area contributed by atoms with Crippen molar-refractivity contribution < 1.29 is 4.79 Å². The van der Waals surface area contributed by atoms with Gasteiger partial charge < -0.3 is 0 Å². The topological polar surface area (TPSA) is 34.9 Å². The van der Waals surface area contributed by atoms with Crippen LogP contribution < -0.4 is 0 Å². The van der Waals surface area contributed by atoms with Gasteiger partial charge in [-0.1, -0.05) is 32.9 Å². The molecule has 1 aromatic carbocycles. The zero-order valence-electron chi connectivity index (χ0n) is 9.19. The molecule has 0 aliphatic rings. The Morgan fingerprint density at radius 2 is 1.93 bits per heavy atom. The molecule has 0 bridgehead atoms. The average Bonchev–Trinajstić information content (AvgIpc) is 2.58. The number of fused-ring (bicyclic) bond motifs is 1. The van der Waals surface area contributed by atoms with Crippen LogP contribution in [0.25, 0.3) is 11.0 Å². The van der Waals surface area contributed by atoms with Gasteiger partial charge in [0.2, 0.25) is 5.91 Å². The lowest BCUT2D eigenvalue weighted by Gasteiger charge is -2.16. The van der Waals surface area contributed by atoms with E-state index >= 15 is 0 Å². The number of carbonyl (C=O) groups excluding carboxylic acids is 1. The Labute approximate surface area is 88.7 Å². The first kappa shape index (κ1) is 9.90. The van der Waals surface area contributed by atoms with E-state index in [0.29, 0.717) is 0 Å².